The van der Waals surface area contributed by atoms with E-state index in [9.17, 15) is 9.59 Å². The van der Waals surface area contributed by atoms with Gasteiger partial charge in [0.05, 0.1) is 7.11 Å². The van der Waals surface area contributed by atoms with E-state index in [1.807, 2.05) is 4.90 Å². The number of hydrogen-bond acceptors (Lipinski definition) is 3. The molecule has 1 saturated heterocycles. The van der Waals surface area contributed by atoms with Crippen LogP contribution in [-0.4, -0.2) is 37.0 Å². The van der Waals surface area contributed by atoms with Crippen LogP contribution >= 0.6 is 0 Å². The van der Waals surface area contributed by atoms with Gasteiger partial charge in [-0.3, -0.25) is 9.59 Å². The van der Waals surface area contributed by atoms with Gasteiger partial charge in [-0.15, -0.1) is 0 Å². The number of hydrogen-bond donors (Lipinski definition) is 0. The SMILES string of the molecule is CCCC1CCC(=O)N(CCCC(=O)OC)CC1. The van der Waals surface area contributed by atoms with Gasteiger partial charge in [0.1, 0.15) is 0 Å². The van der Waals surface area contributed by atoms with Crippen LogP contribution in [0.3, 0.4) is 0 Å². The Bertz CT molecular complexity index is 278. The van der Waals surface area contributed by atoms with Gasteiger partial charge in [-0.05, 0) is 25.2 Å². The fourth-order valence-corrected chi connectivity index (χ4v) is 2.54. The Kier molecular flexibility index (Phi) is 6.76. The molecule has 0 aromatic heterocycles. The van der Waals surface area contributed by atoms with Crippen LogP contribution in [0, 0.1) is 5.92 Å². The summed E-state index contributed by atoms with van der Waals surface area (Å²) in [6.45, 7) is 3.73. The predicted octanol–water partition coefficient (Wildman–Crippen LogP) is 2.37. The highest BCUT2D eigenvalue weighted by Crippen LogP contribution is 2.22. The molecule has 0 spiro atoms. The first kappa shape index (κ1) is 15.0. The second-order valence-electron chi connectivity index (χ2n) is 5.04. The molecule has 0 aliphatic carbocycles. The van der Waals surface area contributed by atoms with Crippen LogP contribution in [0.5, 0.6) is 0 Å². The molecule has 4 heteroatoms. The highest BCUT2D eigenvalue weighted by atomic mass is 16.5. The van der Waals surface area contributed by atoms with Gasteiger partial charge in [-0.2, -0.15) is 0 Å². The maximum Gasteiger partial charge on any atom is 0.305 e. The number of methoxy groups -OCH3 is 1. The van der Waals surface area contributed by atoms with Crippen molar-refractivity contribution >= 4 is 11.9 Å². The smallest absolute Gasteiger partial charge is 0.305 e. The minimum atomic E-state index is -0.193. The zero-order valence-corrected chi connectivity index (χ0v) is 11.6. The Morgan fingerprint density at radius 1 is 1.44 bits per heavy atom. The molecule has 0 bridgehead atoms. The van der Waals surface area contributed by atoms with Gasteiger partial charge >= 0.3 is 5.97 Å². The van der Waals surface area contributed by atoms with E-state index in [2.05, 4.69) is 11.7 Å². The van der Waals surface area contributed by atoms with E-state index in [1.54, 1.807) is 0 Å². The third kappa shape index (κ3) is 5.07. The second-order valence-corrected chi connectivity index (χ2v) is 5.04. The van der Waals surface area contributed by atoms with Gasteiger partial charge in [0.15, 0.2) is 0 Å². The van der Waals surface area contributed by atoms with Crippen molar-refractivity contribution < 1.29 is 14.3 Å². The van der Waals surface area contributed by atoms with E-state index in [1.165, 1.54) is 20.0 Å². The van der Waals surface area contributed by atoms with Crippen LogP contribution in [-0.2, 0) is 14.3 Å². The highest BCUT2D eigenvalue weighted by molar-refractivity contribution is 5.76. The van der Waals surface area contributed by atoms with E-state index < -0.39 is 0 Å². The standard InChI is InChI=1S/C14H25NO3/c1-3-5-12-7-8-13(16)15(11-9-12)10-4-6-14(17)18-2/h12H,3-11H2,1-2H3. The van der Waals surface area contributed by atoms with Gasteiger partial charge < -0.3 is 9.64 Å². The van der Waals surface area contributed by atoms with E-state index in [-0.39, 0.29) is 11.9 Å². The first-order chi connectivity index (χ1) is 8.67. The minimum Gasteiger partial charge on any atom is -0.469 e. The Labute approximate surface area is 110 Å². The van der Waals surface area contributed by atoms with Crippen molar-refractivity contribution in [3.8, 4) is 0 Å². The van der Waals surface area contributed by atoms with Crippen molar-refractivity contribution in [2.45, 2.75) is 51.9 Å². The fourth-order valence-electron chi connectivity index (χ4n) is 2.54. The Balaban J connectivity index is 2.31. The topological polar surface area (TPSA) is 46.6 Å². The number of amides is 1. The van der Waals surface area contributed by atoms with E-state index in [4.69, 9.17) is 0 Å². The lowest BCUT2D eigenvalue weighted by atomic mass is 9.96. The van der Waals surface area contributed by atoms with Crippen molar-refractivity contribution in [2.75, 3.05) is 20.2 Å². The largest absolute Gasteiger partial charge is 0.469 e. The van der Waals surface area contributed by atoms with Crippen molar-refractivity contribution in [3.63, 3.8) is 0 Å². The lowest BCUT2D eigenvalue weighted by molar-refractivity contribution is -0.141. The molecular weight excluding hydrogens is 230 g/mol. The molecule has 0 aromatic carbocycles. The maximum atomic E-state index is 11.9. The molecule has 1 heterocycles. The predicted molar refractivity (Wildman–Crippen MR) is 70.1 cm³/mol. The molecule has 0 N–H and O–H groups in total. The molecule has 4 nitrogen and oxygen atoms in total. The summed E-state index contributed by atoms with van der Waals surface area (Å²) in [7, 11) is 1.40. The van der Waals surface area contributed by atoms with Gasteiger partial charge in [-0.25, -0.2) is 0 Å². The summed E-state index contributed by atoms with van der Waals surface area (Å²) in [5.74, 6) is 0.754. The average Bonchev–Trinajstić information content (AvgIpc) is 2.54. The molecule has 1 aliphatic rings. The van der Waals surface area contributed by atoms with E-state index in [0.717, 1.165) is 19.4 Å². The van der Waals surface area contributed by atoms with Crippen LogP contribution < -0.4 is 0 Å². The molecular formula is C14H25NO3. The van der Waals surface area contributed by atoms with Crippen molar-refractivity contribution in [1.82, 2.24) is 4.90 Å². The monoisotopic (exact) mass is 255 g/mol. The molecule has 1 rings (SSSR count). The van der Waals surface area contributed by atoms with Gasteiger partial charge in [0.2, 0.25) is 5.91 Å². The summed E-state index contributed by atoms with van der Waals surface area (Å²) in [5.41, 5.74) is 0. The van der Waals surface area contributed by atoms with Crippen LogP contribution in [0.25, 0.3) is 0 Å². The molecule has 18 heavy (non-hydrogen) atoms. The average molecular weight is 255 g/mol. The summed E-state index contributed by atoms with van der Waals surface area (Å²) in [6.07, 6.45) is 6.33. The minimum absolute atomic E-state index is 0.193. The molecule has 1 aliphatic heterocycles. The Morgan fingerprint density at radius 3 is 2.89 bits per heavy atom. The van der Waals surface area contributed by atoms with Crippen LogP contribution in [0.15, 0.2) is 0 Å². The highest BCUT2D eigenvalue weighted by Gasteiger charge is 2.21. The van der Waals surface area contributed by atoms with E-state index >= 15 is 0 Å². The first-order valence-electron chi connectivity index (χ1n) is 7.02. The summed E-state index contributed by atoms with van der Waals surface area (Å²) in [5, 5.41) is 0. The summed E-state index contributed by atoms with van der Waals surface area (Å²) >= 11 is 0. The molecule has 0 radical (unpaired) electrons. The Hall–Kier alpha value is -1.06. The van der Waals surface area contributed by atoms with Crippen molar-refractivity contribution in [1.29, 1.82) is 0 Å². The van der Waals surface area contributed by atoms with Gasteiger partial charge in [0, 0.05) is 25.9 Å². The maximum absolute atomic E-state index is 11.9. The fraction of sp³-hybridized carbons (Fsp3) is 0.857. The molecule has 1 fully saturated rings. The molecule has 1 unspecified atom stereocenters. The number of ether oxygens (including phenoxy) is 1. The first-order valence-corrected chi connectivity index (χ1v) is 7.02. The number of rotatable bonds is 6. The summed E-state index contributed by atoms with van der Waals surface area (Å²) < 4.78 is 4.60. The number of carbonyl (C=O) groups excluding carboxylic acids is 2. The lowest BCUT2D eigenvalue weighted by Gasteiger charge is -2.20. The number of nitrogens with zero attached hydrogens (tertiary/aromatic N) is 1. The van der Waals surface area contributed by atoms with Crippen LogP contribution in [0.1, 0.15) is 51.9 Å². The molecule has 1 amide bonds. The third-order valence-corrected chi connectivity index (χ3v) is 3.66. The van der Waals surface area contributed by atoms with Crippen molar-refractivity contribution in [2.24, 2.45) is 5.92 Å². The zero-order chi connectivity index (χ0) is 13.4. The van der Waals surface area contributed by atoms with Gasteiger partial charge in [-0.1, -0.05) is 19.8 Å². The van der Waals surface area contributed by atoms with Crippen molar-refractivity contribution in [3.05, 3.63) is 0 Å². The molecule has 0 saturated carbocycles. The number of carbonyl (C=O) groups is 2. The van der Waals surface area contributed by atoms with Crippen LogP contribution in [0.2, 0.25) is 0 Å². The van der Waals surface area contributed by atoms with Crippen LogP contribution in [0.4, 0.5) is 0 Å². The molecule has 104 valence electrons. The van der Waals surface area contributed by atoms with Gasteiger partial charge in [0.25, 0.3) is 0 Å². The lowest BCUT2D eigenvalue weighted by Crippen LogP contribution is -2.31. The molecule has 0 aromatic rings. The normalized spacial score (nSPS) is 20.7. The number of esters is 1. The third-order valence-electron chi connectivity index (χ3n) is 3.66. The summed E-state index contributed by atoms with van der Waals surface area (Å²) in [4.78, 5) is 24.8. The molecule has 1 atom stereocenters. The Morgan fingerprint density at radius 2 is 2.22 bits per heavy atom. The second kappa shape index (κ2) is 8.11. The number of likely N-dealkylation sites (tertiary alicyclic amines) is 1. The zero-order valence-electron chi connectivity index (χ0n) is 11.6. The van der Waals surface area contributed by atoms with E-state index in [0.29, 0.717) is 31.7 Å². The summed E-state index contributed by atoms with van der Waals surface area (Å²) in [6, 6.07) is 0. The quantitative estimate of drug-likeness (QED) is 0.685.